The van der Waals surface area contributed by atoms with Crippen molar-refractivity contribution in [3.05, 3.63) is 29.8 Å². The van der Waals surface area contributed by atoms with Crippen molar-refractivity contribution in [3.63, 3.8) is 0 Å². The van der Waals surface area contributed by atoms with Crippen LogP contribution in [0.4, 0.5) is 9.59 Å². The Labute approximate surface area is 154 Å². The summed E-state index contributed by atoms with van der Waals surface area (Å²) in [5, 5.41) is 3.10. The molecule has 0 spiro atoms. The molecule has 0 aromatic heterocycles. The highest BCUT2D eigenvalue weighted by atomic mass is 16.6. The number of nitrogens with zero attached hydrogens (tertiary/aromatic N) is 2. The summed E-state index contributed by atoms with van der Waals surface area (Å²) in [4.78, 5) is 28.1. The number of fused-ring (bicyclic) bond motifs is 1. The molecule has 0 aliphatic carbocycles. The smallest absolute Gasteiger partial charge is 0.410 e. The van der Waals surface area contributed by atoms with Crippen molar-refractivity contribution < 1.29 is 19.1 Å². The number of carbonyl (C=O) groups excluding carboxylic acids is 2. The molecule has 0 unspecified atom stereocenters. The Morgan fingerprint density at radius 3 is 2.46 bits per heavy atom. The summed E-state index contributed by atoms with van der Waals surface area (Å²) >= 11 is 0. The lowest BCUT2D eigenvalue weighted by Crippen LogP contribution is -2.54. The molecule has 1 aromatic carbocycles. The maximum Gasteiger partial charge on any atom is 0.410 e. The predicted octanol–water partition coefficient (Wildman–Crippen LogP) is 2.77. The Kier molecular flexibility index (Phi) is 5.25. The number of hydrogen-bond acceptors (Lipinski definition) is 4. The van der Waals surface area contributed by atoms with Crippen molar-refractivity contribution in [1.82, 2.24) is 15.1 Å². The van der Waals surface area contributed by atoms with E-state index in [1.54, 1.807) is 9.80 Å². The van der Waals surface area contributed by atoms with Crippen LogP contribution in [-0.2, 0) is 4.74 Å². The fraction of sp³-hybridized carbons (Fsp3) is 0.579. The Hall–Kier alpha value is -2.44. The second-order valence-electron chi connectivity index (χ2n) is 7.63. The molecule has 1 aromatic rings. The molecule has 1 atom stereocenters. The van der Waals surface area contributed by atoms with Crippen LogP contribution in [-0.4, -0.2) is 60.3 Å². The first-order valence-electron chi connectivity index (χ1n) is 9.08. The largest absolute Gasteiger partial charge is 0.493 e. The van der Waals surface area contributed by atoms with Crippen molar-refractivity contribution in [3.8, 4) is 5.75 Å². The van der Waals surface area contributed by atoms with E-state index in [0.717, 1.165) is 17.7 Å². The zero-order valence-corrected chi connectivity index (χ0v) is 15.7. The summed E-state index contributed by atoms with van der Waals surface area (Å²) in [6, 6.07) is 7.64. The Morgan fingerprint density at radius 1 is 1.12 bits per heavy atom. The number of benzene rings is 1. The lowest BCUT2D eigenvalue weighted by Gasteiger charge is -2.36. The minimum Gasteiger partial charge on any atom is -0.493 e. The number of ether oxygens (including phenoxy) is 2. The van der Waals surface area contributed by atoms with Crippen LogP contribution in [0.25, 0.3) is 0 Å². The Bertz CT molecular complexity index is 663. The van der Waals surface area contributed by atoms with E-state index >= 15 is 0 Å². The maximum atomic E-state index is 12.6. The van der Waals surface area contributed by atoms with Crippen LogP contribution in [0.5, 0.6) is 5.75 Å². The Morgan fingerprint density at radius 2 is 1.77 bits per heavy atom. The molecular formula is C19H27N3O4. The molecule has 3 rings (SSSR count). The highest BCUT2D eigenvalue weighted by Crippen LogP contribution is 2.31. The molecule has 0 saturated carbocycles. The maximum absolute atomic E-state index is 12.6. The molecule has 2 heterocycles. The summed E-state index contributed by atoms with van der Waals surface area (Å²) in [5.74, 6) is 0.832. The number of amides is 3. The number of para-hydroxylation sites is 1. The van der Waals surface area contributed by atoms with E-state index in [4.69, 9.17) is 9.47 Å². The van der Waals surface area contributed by atoms with Gasteiger partial charge in [0.05, 0.1) is 12.6 Å². The molecule has 1 fully saturated rings. The molecule has 26 heavy (non-hydrogen) atoms. The molecule has 2 aliphatic heterocycles. The molecule has 7 heteroatoms. The van der Waals surface area contributed by atoms with Crippen LogP contribution in [0.3, 0.4) is 0 Å². The van der Waals surface area contributed by atoms with Crippen molar-refractivity contribution >= 4 is 12.1 Å². The summed E-state index contributed by atoms with van der Waals surface area (Å²) in [6.07, 6.45) is 0.427. The van der Waals surface area contributed by atoms with E-state index in [1.165, 1.54) is 0 Å². The first kappa shape index (κ1) is 18.4. The van der Waals surface area contributed by atoms with Crippen LogP contribution in [0, 0.1) is 0 Å². The first-order valence-corrected chi connectivity index (χ1v) is 9.08. The number of nitrogens with one attached hydrogen (secondary N) is 1. The van der Waals surface area contributed by atoms with Gasteiger partial charge in [-0.3, -0.25) is 0 Å². The van der Waals surface area contributed by atoms with Crippen LogP contribution >= 0.6 is 0 Å². The van der Waals surface area contributed by atoms with E-state index in [9.17, 15) is 9.59 Å². The minimum atomic E-state index is -0.512. The number of piperazine rings is 1. The second kappa shape index (κ2) is 7.43. The molecule has 7 nitrogen and oxygen atoms in total. The van der Waals surface area contributed by atoms with Crippen molar-refractivity contribution in [1.29, 1.82) is 0 Å². The topological polar surface area (TPSA) is 71.1 Å². The van der Waals surface area contributed by atoms with Gasteiger partial charge in [0.2, 0.25) is 0 Å². The molecule has 142 valence electrons. The van der Waals surface area contributed by atoms with Gasteiger partial charge in [0.15, 0.2) is 0 Å². The van der Waals surface area contributed by atoms with E-state index < -0.39 is 5.60 Å². The second-order valence-corrected chi connectivity index (χ2v) is 7.63. The minimum absolute atomic E-state index is 0.0451. The highest BCUT2D eigenvalue weighted by molar-refractivity contribution is 5.75. The summed E-state index contributed by atoms with van der Waals surface area (Å²) in [6.45, 7) is 8.08. The predicted molar refractivity (Wildman–Crippen MR) is 97.2 cm³/mol. The third kappa shape index (κ3) is 4.39. The highest BCUT2D eigenvalue weighted by Gasteiger charge is 2.29. The van der Waals surface area contributed by atoms with Crippen LogP contribution < -0.4 is 10.1 Å². The van der Waals surface area contributed by atoms with Gasteiger partial charge < -0.3 is 24.6 Å². The van der Waals surface area contributed by atoms with Gasteiger partial charge in [-0.1, -0.05) is 18.2 Å². The van der Waals surface area contributed by atoms with E-state index in [0.29, 0.717) is 32.8 Å². The van der Waals surface area contributed by atoms with Crippen LogP contribution in [0.1, 0.15) is 38.8 Å². The van der Waals surface area contributed by atoms with E-state index in [1.807, 2.05) is 45.0 Å². The zero-order chi connectivity index (χ0) is 18.7. The van der Waals surface area contributed by atoms with Crippen LogP contribution in [0.2, 0.25) is 0 Å². The van der Waals surface area contributed by atoms with Crippen molar-refractivity contribution in [2.24, 2.45) is 0 Å². The first-order chi connectivity index (χ1) is 12.3. The van der Waals surface area contributed by atoms with Crippen LogP contribution in [0.15, 0.2) is 24.3 Å². The van der Waals surface area contributed by atoms with Gasteiger partial charge >= 0.3 is 12.1 Å². The van der Waals surface area contributed by atoms with E-state index in [-0.39, 0.29) is 18.2 Å². The molecule has 0 radical (unpaired) electrons. The monoisotopic (exact) mass is 361 g/mol. The molecule has 2 aliphatic rings. The van der Waals surface area contributed by atoms with E-state index in [2.05, 4.69) is 5.32 Å². The molecule has 0 bridgehead atoms. The summed E-state index contributed by atoms with van der Waals surface area (Å²) in [5.41, 5.74) is 0.502. The third-order valence-corrected chi connectivity index (χ3v) is 4.47. The molecule has 3 amide bonds. The fourth-order valence-corrected chi connectivity index (χ4v) is 3.15. The zero-order valence-electron chi connectivity index (χ0n) is 15.7. The number of urea groups is 1. The van der Waals surface area contributed by atoms with Gasteiger partial charge in [0.25, 0.3) is 0 Å². The normalized spacial score (nSPS) is 20.0. The van der Waals surface area contributed by atoms with Gasteiger partial charge in [0, 0.05) is 38.2 Å². The molecule has 1 saturated heterocycles. The summed E-state index contributed by atoms with van der Waals surface area (Å²) in [7, 11) is 0. The average molecular weight is 361 g/mol. The quantitative estimate of drug-likeness (QED) is 0.835. The SMILES string of the molecule is CC(C)(C)OC(=O)N1CCN(C(=O)N[C@@H]2CCOc3ccccc32)CC1. The van der Waals surface area contributed by atoms with Gasteiger partial charge in [-0.05, 0) is 26.8 Å². The molecule has 1 N–H and O–H groups in total. The standard InChI is InChI=1S/C19H27N3O4/c1-19(2,3)26-18(24)22-11-9-21(10-12-22)17(23)20-15-8-13-25-16-7-5-4-6-14(15)16/h4-7,15H,8-13H2,1-3H3,(H,20,23)/t15-/m1/s1. The summed E-state index contributed by atoms with van der Waals surface area (Å²) < 4.78 is 11.0. The van der Waals surface area contributed by atoms with Gasteiger partial charge in [-0.15, -0.1) is 0 Å². The van der Waals surface area contributed by atoms with Gasteiger partial charge in [0.1, 0.15) is 11.4 Å². The van der Waals surface area contributed by atoms with Gasteiger partial charge in [-0.25, -0.2) is 9.59 Å². The average Bonchev–Trinajstić information content (AvgIpc) is 2.61. The van der Waals surface area contributed by atoms with Gasteiger partial charge in [-0.2, -0.15) is 0 Å². The number of hydrogen-bond donors (Lipinski definition) is 1. The van der Waals surface area contributed by atoms with Crippen molar-refractivity contribution in [2.45, 2.75) is 38.8 Å². The fourth-order valence-electron chi connectivity index (χ4n) is 3.15. The number of carbonyl (C=O) groups is 2. The Balaban J connectivity index is 1.53. The lowest BCUT2D eigenvalue weighted by molar-refractivity contribution is 0.0168. The van der Waals surface area contributed by atoms with Crippen molar-refractivity contribution in [2.75, 3.05) is 32.8 Å². The molecular weight excluding hydrogens is 334 g/mol. The lowest BCUT2D eigenvalue weighted by atomic mass is 10.0. The third-order valence-electron chi connectivity index (χ3n) is 4.47. The number of rotatable bonds is 1.